The van der Waals surface area contributed by atoms with Crippen LogP contribution in [-0.4, -0.2) is 31.1 Å². The molecule has 0 unspecified atom stereocenters. The summed E-state index contributed by atoms with van der Waals surface area (Å²) >= 11 is 17.8. The lowest BCUT2D eigenvalue weighted by atomic mass is 10.1. The molecule has 30 heavy (non-hydrogen) atoms. The molecule has 0 spiro atoms. The Balaban J connectivity index is 0.000000310. The Labute approximate surface area is 193 Å². The number of piperazine rings is 1. The monoisotopic (exact) mass is 457 g/mol. The smallest absolute Gasteiger partial charge is 0.0991 e. The summed E-state index contributed by atoms with van der Waals surface area (Å²) in [5.74, 6) is 0. The van der Waals surface area contributed by atoms with Gasteiger partial charge >= 0.3 is 0 Å². The molecule has 6 heteroatoms. The van der Waals surface area contributed by atoms with Gasteiger partial charge in [-0.2, -0.15) is 5.26 Å². The van der Waals surface area contributed by atoms with Crippen molar-refractivity contribution >= 4 is 40.5 Å². The van der Waals surface area contributed by atoms with E-state index in [2.05, 4.69) is 15.9 Å². The summed E-state index contributed by atoms with van der Waals surface area (Å²) in [5, 5.41) is 11.0. The molecular weight excluding hydrogens is 437 g/mol. The Bertz CT molecular complexity index is 977. The zero-order valence-corrected chi connectivity index (χ0v) is 18.7. The first-order chi connectivity index (χ1) is 14.5. The molecule has 0 amide bonds. The first kappa shape index (κ1) is 22.5. The predicted octanol–water partition coefficient (Wildman–Crippen LogP) is 6.53. The Morgan fingerprint density at radius 3 is 1.97 bits per heavy atom. The number of nitrogens with zero attached hydrogens (tertiary/aromatic N) is 3. The number of hydrogen-bond donors (Lipinski definition) is 0. The third kappa shape index (κ3) is 6.65. The van der Waals surface area contributed by atoms with Gasteiger partial charge in [0.1, 0.15) is 0 Å². The number of nitriles is 1. The summed E-state index contributed by atoms with van der Waals surface area (Å²) in [5.41, 5.74) is 2.99. The molecule has 1 saturated heterocycles. The van der Waals surface area contributed by atoms with E-state index < -0.39 is 0 Å². The van der Waals surface area contributed by atoms with E-state index in [9.17, 15) is 0 Å². The maximum absolute atomic E-state index is 8.84. The molecule has 0 aliphatic carbocycles. The SMILES string of the molecule is Clc1ccccc1.N#Cc1ccc(CN2CCN(c3ccc(Cl)cc3Cl)CC2)cc1. The van der Waals surface area contributed by atoms with Gasteiger partial charge in [-0.25, -0.2) is 0 Å². The highest BCUT2D eigenvalue weighted by atomic mass is 35.5. The van der Waals surface area contributed by atoms with Crippen molar-refractivity contribution in [3.8, 4) is 6.07 Å². The lowest BCUT2D eigenvalue weighted by Gasteiger charge is -2.36. The molecule has 3 aromatic carbocycles. The third-order valence-corrected chi connectivity index (χ3v) is 5.63. The third-order valence-electron chi connectivity index (χ3n) is 4.85. The Morgan fingerprint density at radius 2 is 1.43 bits per heavy atom. The second-order valence-electron chi connectivity index (χ2n) is 6.96. The summed E-state index contributed by atoms with van der Waals surface area (Å²) in [6.45, 7) is 4.76. The summed E-state index contributed by atoms with van der Waals surface area (Å²) < 4.78 is 0. The fourth-order valence-corrected chi connectivity index (χ4v) is 3.92. The highest BCUT2D eigenvalue weighted by Gasteiger charge is 2.19. The van der Waals surface area contributed by atoms with Gasteiger partial charge in [0.15, 0.2) is 0 Å². The van der Waals surface area contributed by atoms with Gasteiger partial charge in [0.05, 0.1) is 22.3 Å². The van der Waals surface area contributed by atoms with E-state index in [4.69, 9.17) is 40.1 Å². The van der Waals surface area contributed by atoms with E-state index in [1.807, 2.05) is 66.7 Å². The Morgan fingerprint density at radius 1 is 0.767 bits per heavy atom. The second kappa shape index (κ2) is 11.2. The van der Waals surface area contributed by atoms with Gasteiger partial charge in [0, 0.05) is 42.8 Å². The number of benzene rings is 3. The molecule has 3 nitrogen and oxygen atoms in total. The molecule has 1 fully saturated rings. The zero-order chi connectivity index (χ0) is 21.3. The average Bonchev–Trinajstić information content (AvgIpc) is 2.76. The van der Waals surface area contributed by atoms with Crippen LogP contribution in [0.5, 0.6) is 0 Å². The Hall–Kier alpha value is -2.22. The van der Waals surface area contributed by atoms with Crippen LogP contribution >= 0.6 is 34.8 Å². The maximum atomic E-state index is 8.84. The molecule has 154 valence electrons. The number of halogens is 3. The van der Waals surface area contributed by atoms with Gasteiger partial charge in [-0.3, -0.25) is 4.90 Å². The molecule has 0 radical (unpaired) electrons. The van der Waals surface area contributed by atoms with Crippen molar-refractivity contribution in [1.82, 2.24) is 4.90 Å². The normalized spacial score (nSPS) is 13.9. The molecule has 3 aromatic rings. The molecule has 1 aliphatic heterocycles. The van der Waals surface area contributed by atoms with E-state index in [1.165, 1.54) is 5.56 Å². The number of hydrogen-bond acceptors (Lipinski definition) is 3. The molecular formula is C24H22Cl3N3. The first-order valence-corrected chi connectivity index (χ1v) is 10.8. The van der Waals surface area contributed by atoms with Gasteiger partial charge in [-0.1, -0.05) is 65.1 Å². The van der Waals surface area contributed by atoms with E-state index >= 15 is 0 Å². The highest BCUT2D eigenvalue weighted by molar-refractivity contribution is 6.36. The molecule has 0 saturated carbocycles. The van der Waals surface area contributed by atoms with Crippen LogP contribution in [0.2, 0.25) is 15.1 Å². The van der Waals surface area contributed by atoms with Crippen LogP contribution < -0.4 is 4.90 Å². The van der Waals surface area contributed by atoms with E-state index in [0.717, 1.165) is 43.4 Å². The van der Waals surface area contributed by atoms with Crippen LogP contribution in [0.3, 0.4) is 0 Å². The first-order valence-electron chi connectivity index (χ1n) is 9.67. The second-order valence-corrected chi connectivity index (χ2v) is 8.24. The minimum Gasteiger partial charge on any atom is -0.368 e. The fourth-order valence-electron chi connectivity index (χ4n) is 3.24. The van der Waals surface area contributed by atoms with Gasteiger partial charge in [-0.05, 0) is 48.0 Å². The minimum absolute atomic E-state index is 0.665. The summed E-state index contributed by atoms with van der Waals surface area (Å²) in [6.07, 6.45) is 0. The van der Waals surface area contributed by atoms with Crippen molar-refractivity contribution in [3.05, 3.63) is 99.0 Å². The quantitative estimate of drug-likeness (QED) is 0.447. The van der Waals surface area contributed by atoms with Crippen LogP contribution in [0, 0.1) is 11.3 Å². The fraction of sp³-hybridized carbons (Fsp3) is 0.208. The van der Waals surface area contributed by atoms with Crippen LogP contribution in [-0.2, 0) is 6.54 Å². The van der Waals surface area contributed by atoms with Crippen LogP contribution in [0.1, 0.15) is 11.1 Å². The Kier molecular flexibility index (Phi) is 8.42. The lowest BCUT2D eigenvalue weighted by Crippen LogP contribution is -2.46. The van der Waals surface area contributed by atoms with Gasteiger partial charge in [0.25, 0.3) is 0 Å². The van der Waals surface area contributed by atoms with Crippen molar-refractivity contribution in [2.24, 2.45) is 0 Å². The van der Waals surface area contributed by atoms with Crippen LogP contribution in [0.4, 0.5) is 5.69 Å². The predicted molar refractivity (Wildman–Crippen MR) is 127 cm³/mol. The molecule has 4 rings (SSSR count). The molecule has 0 atom stereocenters. The van der Waals surface area contributed by atoms with Crippen LogP contribution in [0.15, 0.2) is 72.8 Å². The number of rotatable bonds is 3. The van der Waals surface area contributed by atoms with Gasteiger partial charge in [0.2, 0.25) is 0 Å². The zero-order valence-electron chi connectivity index (χ0n) is 16.4. The summed E-state index contributed by atoms with van der Waals surface area (Å²) in [6, 6.07) is 25.1. The molecule has 0 N–H and O–H groups in total. The lowest BCUT2D eigenvalue weighted by molar-refractivity contribution is 0.250. The van der Waals surface area contributed by atoms with Crippen molar-refractivity contribution in [2.45, 2.75) is 6.54 Å². The highest BCUT2D eigenvalue weighted by Crippen LogP contribution is 2.29. The van der Waals surface area contributed by atoms with Gasteiger partial charge < -0.3 is 4.90 Å². The van der Waals surface area contributed by atoms with E-state index in [0.29, 0.717) is 15.6 Å². The van der Waals surface area contributed by atoms with E-state index in [-0.39, 0.29) is 0 Å². The minimum atomic E-state index is 0.665. The van der Waals surface area contributed by atoms with Crippen molar-refractivity contribution in [3.63, 3.8) is 0 Å². The largest absolute Gasteiger partial charge is 0.368 e. The van der Waals surface area contributed by atoms with Gasteiger partial charge in [-0.15, -0.1) is 0 Å². The molecule has 0 bridgehead atoms. The standard InChI is InChI=1S/C18H17Cl2N3.C6H5Cl/c19-16-5-6-18(17(20)11-16)23-9-7-22(8-10-23)13-15-3-1-14(12-21)2-4-15;7-6-4-2-1-3-5-6/h1-6,11H,7-10,13H2;1-5H. The maximum Gasteiger partial charge on any atom is 0.0991 e. The van der Waals surface area contributed by atoms with Crippen molar-refractivity contribution in [1.29, 1.82) is 5.26 Å². The average molecular weight is 459 g/mol. The van der Waals surface area contributed by atoms with Crippen LogP contribution in [0.25, 0.3) is 0 Å². The summed E-state index contributed by atoms with van der Waals surface area (Å²) in [7, 11) is 0. The van der Waals surface area contributed by atoms with Crippen molar-refractivity contribution in [2.75, 3.05) is 31.1 Å². The van der Waals surface area contributed by atoms with E-state index in [1.54, 1.807) is 6.07 Å². The molecule has 0 aromatic heterocycles. The van der Waals surface area contributed by atoms with Crippen molar-refractivity contribution < 1.29 is 0 Å². The topological polar surface area (TPSA) is 30.3 Å². The summed E-state index contributed by atoms with van der Waals surface area (Å²) in [4.78, 5) is 4.72. The number of anilines is 1. The molecule has 1 heterocycles. The molecule has 1 aliphatic rings.